The SMILES string of the molecule is COc1ccc(N2CCC(NC(=O)c3cccc(S(=O)(=O)N4CCCCC4)c3)CC2)cc1. The van der Waals surface area contributed by atoms with Crippen LogP contribution in [0.1, 0.15) is 42.5 Å². The van der Waals surface area contributed by atoms with Crippen molar-refractivity contribution in [1.82, 2.24) is 9.62 Å². The van der Waals surface area contributed by atoms with Crippen LogP contribution in [-0.2, 0) is 10.0 Å². The van der Waals surface area contributed by atoms with Gasteiger partial charge in [0.15, 0.2) is 0 Å². The van der Waals surface area contributed by atoms with Gasteiger partial charge in [0.25, 0.3) is 5.91 Å². The number of rotatable bonds is 6. The van der Waals surface area contributed by atoms with E-state index in [1.165, 1.54) is 10.4 Å². The molecule has 8 heteroatoms. The average Bonchev–Trinajstić information content (AvgIpc) is 2.85. The number of anilines is 1. The molecule has 0 radical (unpaired) electrons. The van der Waals surface area contributed by atoms with Crippen molar-refractivity contribution in [3.05, 3.63) is 54.1 Å². The van der Waals surface area contributed by atoms with Crippen molar-refractivity contribution in [1.29, 1.82) is 0 Å². The van der Waals surface area contributed by atoms with Gasteiger partial charge in [-0.05, 0) is 68.1 Å². The summed E-state index contributed by atoms with van der Waals surface area (Å²) in [5, 5.41) is 3.09. The van der Waals surface area contributed by atoms with Crippen molar-refractivity contribution in [2.45, 2.75) is 43.0 Å². The number of hydrogen-bond donors (Lipinski definition) is 1. The second-order valence-electron chi connectivity index (χ2n) is 8.43. The first-order valence-electron chi connectivity index (χ1n) is 11.3. The topological polar surface area (TPSA) is 79.0 Å². The van der Waals surface area contributed by atoms with Crippen LogP contribution in [0.5, 0.6) is 5.75 Å². The molecule has 2 fully saturated rings. The lowest BCUT2D eigenvalue weighted by Gasteiger charge is -2.34. The normalized spacial score (nSPS) is 18.3. The van der Waals surface area contributed by atoms with E-state index < -0.39 is 10.0 Å². The number of sulfonamides is 1. The highest BCUT2D eigenvalue weighted by Gasteiger charge is 2.27. The van der Waals surface area contributed by atoms with E-state index in [9.17, 15) is 13.2 Å². The Labute approximate surface area is 190 Å². The van der Waals surface area contributed by atoms with Gasteiger partial charge in [-0.25, -0.2) is 8.42 Å². The number of nitrogens with zero attached hydrogens (tertiary/aromatic N) is 2. The van der Waals surface area contributed by atoms with E-state index in [2.05, 4.69) is 10.2 Å². The highest BCUT2D eigenvalue weighted by molar-refractivity contribution is 7.89. The number of carbonyl (C=O) groups excluding carboxylic acids is 1. The van der Waals surface area contributed by atoms with Gasteiger partial charge in [0.2, 0.25) is 10.0 Å². The van der Waals surface area contributed by atoms with Gasteiger partial charge in [-0.3, -0.25) is 4.79 Å². The molecule has 2 saturated heterocycles. The molecule has 4 rings (SSSR count). The highest BCUT2D eigenvalue weighted by Crippen LogP contribution is 2.24. The number of ether oxygens (including phenoxy) is 1. The third-order valence-corrected chi connectivity index (χ3v) is 8.21. The maximum absolute atomic E-state index is 12.9. The lowest BCUT2D eigenvalue weighted by atomic mass is 10.0. The van der Waals surface area contributed by atoms with Crippen molar-refractivity contribution in [3.63, 3.8) is 0 Å². The molecule has 0 bridgehead atoms. The van der Waals surface area contributed by atoms with E-state index in [0.29, 0.717) is 18.7 Å². The van der Waals surface area contributed by atoms with Crippen LogP contribution in [0.2, 0.25) is 0 Å². The number of benzene rings is 2. The first kappa shape index (κ1) is 22.6. The first-order valence-corrected chi connectivity index (χ1v) is 12.7. The van der Waals surface area contributed by atoms with Crippen LogP contribution in [0.4, 0.5) is 5.69 Å². The molecule has 0 spiro atoms. The zero-order chi connectivity index (χ0) is 22.6. The maximum Gasteiger partial charge on any atom is 0.251 e. The standard InChI is InChI=1S/C24H31N3O4S/c1-31-22-10-8-21(9-11-22)26-16-12-20(13-17-26)25-24(28)19-6-5-7-23(18-19)32(29,30)27-14-3-2-4-15-27/h5-11,18,20H,2-4,12-17H2,1H3,(H,25,28). The van der Waals surface area contributed by atoms with Gasteiger partial charge in [0.1, 0.15) is 5.75 Å². The summed E-state index contributed by atoms with van der Waals surface area (Å²) < 4.78 is 32.6. The van der Waals surface area contributed by atoms with Crippen molar-refractivity contribution in [3.8, 4) is 5.75 Å². The summed E-state index contributed by atoms with van der Waals surface area (Å²) >= 11 is 0. The van der Waals surface area contributed by atoms with Gasteiger partial charge in [-0.2, -0.15) is 4.31 Å². The monoisotopic (exact) mass is 457 g/mol. The fourth-order valence-electron chi connectivity index (χ4n) is 4.40. The van der Waals surface area contributed by atoms with Crippen LogP contribution in [-0.4, -0.2) is 58.0 Å². The van der Waals surface area contributed by atoms with Crippen molar-refractivity contribution in [2.75, 3.05) is 38.2 Å². The third-order valence-electron chi connectivity index (χ3n) is 6.32. The van der Waals surface area contributed by atoms with Gasteiger partial charge in [-0.15, -0.1) is 0 Å². The van der Waals surface area contributed by atoms with E-state index >= 15 is 0 Å². The summed E-state index contributed by atoms with van der Waals surface area (Å²) in [6.45, 7) is 2.79. The Morgan fingerprint density at radius 1 is 0.969 bits per heavy atom. The fraction of sp³-hybridized carbons (Fsp3) is 0.458. The lowest BCUT2D eigenvalue weighted by molar-refractivity contribution is 0.0931. The van der Waals surface area contributed by atoms with E-state index in [-0.39, 0.29) is 16.8 Å². The molecular formula is C24H31N3O4S. The summed E-state index contributed by atoms with van der Waals surface area (Å²) in [6.07, 6.45) is 4.50. The largest absolute Gasteiger partial charge is 0.497 e. The van der Waals surface area contributed by atoms with Gasteiger partial charge in [0.05, 0.1) is 12.0 Å². The van der Waals surface area contributed by atoms with Gasteiger partial charge >= 0.3 is 0 Å². The summed E-state index contributed by atoms with van der Waals surface area (Å²) in [5.41, 5.74) is 1.53. The Morgan fingerprint density at radius 2 is 1.66 bits per heavy atom. The molecule has 1 N–H and O–H groups in total. The highest BCUT2D eigenvalue weighted by atomic mass is 32.2. The molecule has 0 saturated carbocycles. The molecule has 172 valence electrons. The molecule has 32 heavy (non-hydrogen) atoms. The molecule has 1 amide bonds. The minimum Gasteiger partial charge on any atom is -0.497 e. The number of piperidine rings is 2. The van der Waals surface area contributed by atoms with Crippen LogP contribution in [0.25, 0.3) is 0 Å². The summed E-state index contributed by atoms with van der Waals surface area (Å²) in [4.78, 5) is 15.3. The Morgan fingerprint density at radius 3 is 2.31 bits per heavy atom. The molecule has 2 aromatic carbocycles. The van der Waals surface area contributed by atoms with Crippen LogP contribution in [0.3, 0.4) is 0 Å². The Hall–Kier alpha value is -2.58. The first-order chi connectivity index (χ1) is 15.5. The average molecular weight is 458 g/mol. The molecule has 0 atom stereocenters. The molecule has 0 aliphatic carbocycles. The number of amides is 1. The zero-order valence-electron chi connectivity index (χ0n) is 18.5. The van der Waals surface area contributed by atoms with Crippen LogP contribution >= 0.6 is 0 Å². The maximum atomic E-state index is 12.9. The Kier molecular flexibility index (Phi) is 7.01. The predicted octanol–water partition coefficient (Wildman–Crippen LogP) is 3.27. The van der Waals surface area contributed by atoms with E-state index in [1.807, 2.05) is 24.3 Å². The van der Waals surface area contributed by atoms with E-state index in [0.717, 1.165) is 56.6 Å². The molecular weight excluding hydrogens is 426 g/mol. The minimum absolute atomic E-state index is 0.0688. The molecule has 0 aromatic heterocycles. The molecule has 2 aromatic rings. The summed E-state index contributed by atoms with van der Waals surface area (Å²) in [7, 11) is -1.90. The quantitative estimate of drug-likeness (QED) is 0.720. The third kappa shape index (κ3) is 5.07. The Bertz CT molecular complexity index is 1030. The smallest absolute Gasteiger partial charge is 0.251 e. The van der Waals surface area contributed by atoms with Crippen LogP contribution < -0.4 is 15.0 Å². The zero-order valence-corrected chi connectivity index (χ0v) is 19.3. The van der Waals surface area contributed by atoms with E-state index in [4.69, 9.17) is 4.74 Å². The van der Waals surface area contributed by atoms with Gasteiger partial charge in [-0.1, -0.05) is 12.5 Å². The van der Waals surface area contributed by atoms with Crippen molar-refractivity contribution in [2.24, 2.45) is 0 Å². The molecule has 7 nitrogen and oxygen atoms in total. The number of carbonyl (C=O) groups is 1. The number of nitrogens with one attached hydrogen (secondary N) is 1. The van der Waals surface area contributed by atoms with Gasteiger partial charge in [0, 0.05) is 43.5 Å². The molecule has 2 aliphatic heterocycles. The summed E-state index contributed by atoms with van der Waals surface area (Å²) in [6, 6.07) is 14.5. The second kappa shape index (κ2) is 9.92. The van der Waals surface area contributed by atoms with Crippen molar-refractivity contribution >= 4 is 21.6 Å². The Balaban J connectivity index is 1.36. The predicted molar refractivity (Wildman–Crippen MR) is 125 cm³/mol. The number of hydrogen-bond acceptors (Lipinski definition) is 5. The van der Waals surface area contributed by atoms with E-state index in [1.54, 1.807) is 25.3 Å². The molecule has 2 heterocycles. The number of methoxy groups -OCH3 is 1. The van der Waals surface area contributed by atoms with Crippen molar-refractivity contribution < 1.29 is 17.9 Å². The summed E-state index contributed by atoms with van der Waals surface area (Å²) in [5.74, 6) is 0.615. The molecule has 2 aliphatic rings. The van der Waals surface area contributed by atoms with Gasteiger partial charge < -0.3 is 15.0 Å². The van der Waals surface area contributed by atoms with Crippen LogP contribution in [0.15, 0.2) is 53.4 Å². The second-order valence-corrected chi connectivity index (χ2v) is 10.4. The molecule has 0 unspecified atom stereocenters. The lowest BCUT2D eigenvalue weighted by Crippen LogP contribution is -2.44. The van der Waals surface area contributed by atoms with Crippen LogP contribution in [0, 0.1) is 0 Å². The fourth-order valence-corrected chi connectivity index (χ4v) is 5.96. The minimum atomic E-state index is -3.56.